The molecule has 0 atom stereocenters. The fourth-order valence-corrected chi connectivity index (χ4v) is 1.13. The van der Waals surface area contributed by atoms with Gasteiger partial charge < -0.3 is 0 Å². The van der Waals surface area contributed by atoms with E-state index in [9.17, 15) is 0 Å². The number of nitrogens with zero attached hydrogens (tertiary/aromatic N) is 2. The van der Waals surface area contributed by atoms with E-state index in [0.29, 0.717) is 5.28 Å². The second kappa shape index (κ2) is 3.85. The second-order valence-corrected chi connectivity index (χ2v) is 2.40. The first kappa shape index (κ1) is 7.90. The molecule has 0 bridgehead atoms. The van der Waals surface area contributed by atoms with Gasteiger partial charge in [-0.3, -0.25) is 10.4 Å². The Bertz CT molecular complexity index is 94.9. The van der Waals surface area contributed by atoms with Crippen LogP contribution in [0.3, 0.4) is 0 Å². The van der Waals surface area contributed by atoms with Gasteiger partial charge in [0.2, 0.25) is 0 Å². The summed E-state index contributed by atoms with van der Waals surface area (Å²) in [4.78, 5) is 0. The van der Waals surface area contributed by atoms with Crippen LogP contribution in [0, 0.1) is 0 Å². The van der Waals surface area contributed by atoms with E-state index in [0.717, 1.165) is 25.9 Å². The molecule has 0 aliphatic carbocycles. The summed E-state index contributed by atoms with van der Waals surface area (Å²) in [7, 11) is 0. The van der Waals surface area contributed by atoms with Crippen molar-refractivity contribution in [2.75, 3.05) is 13.1 Å². The molecule has 0 amide bonds. The Morgan fingerprint density at radius 3 is 2.30 bits per heavy atom. The topological polar surface area (TPSA) is 59.0 Å². The second-order valence-electron chi connectivity index (χ2n) is 2.40. The number of nitrogens with one attached hydrogen (secondary N) is 1. The summed E-state index contributed by atoms with van der Waals surface area (Å²) in [6.07, 6.45) is 3.34. The molecule has 0 aromatic rings. The molecule has 10 heavy (non-hydrogen) atoms. The van der Waals surface area contributed by atoms with Crippen LogP contribution in [0.4, 0.5) is 0 Å². The molecule has 0 radical (unpaired) electrons. The van der Waals surface area contributed by atoms with Gasteiger partial charge in [0.15, 0.2) is 0 Å². The van der Waals surface area contributed by atoms with Gasteiger partial charge in [-0.05, 0) is 18.1 Å². The van der Waals surface area contributed by atoms with Crippen molar-refractivity contribution in [3.8, 4) is 0 Å². The zero-order chi connectivity index (χ0) is 7.40. The molecule has 3 N–H and O–H groups in total. The van der Waals surface area contributed by atoms with Gasteiger partial charge in [-0.25, -0.2) is 5.01 Å². The molecule has 1 saturated heterocycles. The fraction of sp³-hybridized carbons (Fsp3) is 1.00. The van der Waals surface area contributed by atoms with E-state index in [1.165, 1.54) is 6.42 Å². The first-order valence-electron chi connectivity index (χ1n) is 3.48. The lowest BCUT2D eigenvalue weighted by molar-refractivity contribution is -0.336. The Kier molecular flexibility index (Phi) is 3.04. The number of hydrazine groups is 2. The highest BCUT2D eigenvalue weighted by molar-refractivity contribution is 4.57. The molecule has 0 aromatic carbocycles. The van der Waals surface area contributed by atoms with Crippen molar-refractivity contribution in [3.05, 3.63) is 0 Å². The Hall–Kier alpha value is -0.200. The third kappa shape index (κ3) is 1.89. The molecular formula is C5H13N3O2. The highest BCUT2D eigenvalue weighted by atomic mass is 16.7. The molecule has 1 aliphatic rings. The van der Waals surface area contributed by atoms with Crippen LogP contribution < -0.4 is 5.59 Å². The molecule has 0 spiro atoms. The molecular weight excluding hydrogens is 134 g/mol. The summed E-state index contributed by atoms with van der Waals surface area (Å²) in [6, 6.07) is 0. The Balaban J connectivity index is 2.24. The van der Waals surface area contributed by atoms with E-state index in [4.69, 9.17) is 10.4 Å². The Morgan fingerprint density at radius 2 is 1.80 bits per heavy atom. The maximum absolute atomic E-state index is 8.88. The highest BCUT2D eigenvalue weighted by Gasteiger charge is 2.14. The first-order valence-corrected chi connectivity index (χ1v) is 3.48. The van der Waals surface area contributed by atoms with E-state index < -0.39 is 0 Å². The van der Waals surface area contributed by atoms with Crippen LogP contribution in [0.25, 0.3) is 0 Å². The van der Waals surface area contributed by atoms with Crippen LogP contribution in [-0.2, 0) is 0 Å². The minimum atomic E-state index is 0.624. The lowest BCUT2D eigenvalue weighted by Gasteiger charge is -2.30. The molecule has 0 aromatic heterocycles. The molecule has 1 rings (SSSR count). The van der Waals surface area contributed by atoms with Crippen LogP contribution in [0.15, 0.2) is 0 Å². The van der Waals surface area contributed by atoms with Crippen LogP contribution in [0.1, 0.15) is 19.3 Å². The summed E-state index contributed by atoms with van der Waals surface area (Å²) in [5, 5.41) is 19.4. The third-order valence-electron chi connectivity index (χ3n) is 1.69. The highest BCUT2D eigenvalue weighted by Crippen LogP contribution is 2.08. The third-order valence-corrected chi connectivity index (χ3v) is 1.69. The predicted octanol–water partition coefficient (Wildman–Crippen LogP) is -0.0277. The molecule has 1 heterocycles. The lowest BCUT2D eigenvalue weighted by Crippen LogP contribution is -2.49. The molecule has 1 fully saturated rings. The van der Waals surface area contributed by atoms with Crippen molar-refractivity contribution in [2.24, 2.45) is 0 Å². The average Bonchev–Trinajstić information content (AvgIpc) is 2.05. The predicted molar refractivity (Wildman–Crippen MR) is 34.0 cm³/mol. The van der Waals surface area contributed by atoms with Gasteiger partial charge in [0.05, 0.1) is 0 Å². The van der Waals surface area contributed by atoms with Gasteiger partial charge in [-0.1, -0.05) is 12.0 Å². The average molecular weight is 147 g/mol. The van der Waals surface area contributed by atoms with Crippen molar-refractivity contribution < 1.29 is 10.4 Å². The van der Waals surface area contributed by atoms with Crippen molar-refractivity contribution in [1.82, 2.24) is 15.9 Å². The summed E-state index contributed by atoms with van der Waals surface area (Å²) in [5.74, 6) is 0. The van der Waals surface area contributed by atoms with E-state index >= 15 is 0 Å². The number of hydrogen-bond acceptors (Lipinski definition) is 5. The van der Waals surface area contributed by atoms with Gasteiger partial charge in [-0.2, -0.15) is 0 Å². The minimum absolute atomic E-state index is 0.624. The molecule has 0 unspecified atom stereocenters. The number of piperidine rings is 1. The van der Waals surface area contributed by atoms with Gasteiger partial charge in [0.1, 0.15) is 0 Å². The summed E-state index contributed by atoms with van der Waals surface area (Å²) < 4.78 is 0. The zero-order valence-corrected chi connectivity index (χ0v) is 5.82. The Labute approximate surface area is 59.7 Å². The molecule has 5 heteroatoms. The summed E-state index contributed by atoms with van der Waals surface area (Å²) >= 11 is 0. The first-order chi connectivity index (χ1) is 4.84. The normalized spacial score (nSPS) is 21.9. The molecule has 60 valence electrons. The summed E-state index contributed by atoms with van der Waals surface area (Å²) in [6.45, 7) is 1.59. The standard InChI is InChI=1S/C5H13N3O2/c9-6-8(10)7-4-2-1-3-5-7/h6,9-10H,1-5H2. The SMILES string of the molecule is ONN(O)N1CCCCC1. The van der Waals surface area contributed by atoms with Gasteiger partial charge in [-0.15, -0.1) is 0 Å². The lowest BCUT2D eigenvalue weighted by atomic mass is 10.2. The fourth-order valence-electron chi connectivity index (χ4n) is 1.13. The number of hydrogen-bond donors (Lipinski definition) is 3. The maximum atomic E-state index is 8.88. The van der Waals surface area contributed by atoms with Crippen LogP contribution in [0.2, 0.25) is 0 Å². The van der Waals surface area contributed by atoms with E-state index in [1.807, 2.05) is 0 Å². The van der Waals surface area contributed by atoms with Crippen molar-refractivity contribution >= 4 is 0 Å². The summed E-state index contributed by atoms with van der Waals surface area (Å²) in [5.41, 5.74) is 1.65. The monoisotopic (exact) mass is 147 g/mol. The van der Waals surface area contributed by atoms with Crippen molar-refractivity contribution in [2.45, 2.75) is 19.3 Å². The number of rotatable bonds is 2. The van der Waals surface area contributed by atoms with E-state index in [2.05, 4.69) is 0 Å². The molecule has 5 nitrogen and oxygen atoms in total. The molecule has 1 aliphatic heterocycles. The van der Waals surface area contributed by atoms with Gasteiger partial charge in [0.25, 0.3) is 0 Å². The smallest absolute Gasteiger partial charge is 0.0170 e. The largest absolute Gasteiger partial charge is 0.299 e. The van der Waals surface area contributed by atoms with Crippen LogP contribution >= 0.6 is 0 Å². The quantitative estimate of drug-likeness (QED) is 0.479. The van der Waals surface area contributed by atoms with Crippen LogP contribution in [0.5, 0.6) is 0 Å². The van der Waals surface area contributed by atoms with E-state index in [1.54, 1.807) is 10.6 Å². The van der Waals surface area contributed by atoms with Gasteiger partial charge in [0, 0.05) is 13.1 Å². The van der Waals surface area contributed by atoms with Crippen molar-refractivity contribution in [1.29, 1.82) is 0 Å². The van der Waals surface area contributed by atoms with Crippen molar-refractivity contribution in [3.63, 3.8) is 0 Å². The minimum Gasteiger partial charge on any atom is -0.299 e. The van der Waals surface area contributed by atoms with Crippen LogP contribution in [-0.4, -0.2) is 33.8 Å². The zero-order valence-electron chi connectivity index (χ0n) is 5.82. The maximum Gasteiger partial charge on any atom is 0.0170 e. The van der Waals surface area contributed by atoms with E-state index in [-0.39, 0.29) is 0 Å². The van der Waals surface area contributed by atoms with Gasteiger partial charge >= 0.3 is 0 Å². The molecule has 0 saturated carbocycles. The Morgan fingerprint density at radius 1 is 1.20 bits per heavy atom.